The molecule has 2 N–H and O–H groups in total. The predicted molar refractivity (Wildman–Crippen MR) is 92.7 cm³/mol. The average molecular weight is 331 g/mol. The molecule has 0 aromatic heterocycles. The van der Waals surface area contributed by atoms with Crippen molar-refractivity contribution in [3.05, 3.63) is 60.2 Å². The summed E-state index contributed by atoms with van der Waals surface area (Å²) >= 11 is 1.64. The molecule has 0 saturated heterocycles. The van der Waals surface area contributed by atoms with Gasteiger partial charge >= 0.3 is 0 Å². The number of ether oxygens (including phenoxy) is 1. The number of hydrogen-bond acceptors (Lipinski definition) is 4. The summed E-state index contributed by atoms with van der Waals surface area (Å²) in [4.78, 5) is 13.2. The molecule has 2 atom stereocenters. The van der Waals surface area contributed by atoms with Crippen molar-refractivity contribution in [1.29, 1.82) is 0 Å². The molecule has 2 aromatic rings. The van der Waals surface area contributed by atoms with E-state index in [1.54, 1.807) is 30.8 Å². The van der Waals surface area contributed by atoms with Gasteiger partial charge in [-0.15, -0.1) is 11.8 Å². The standard InChI is InChI=1S/C18H21NO3S/c1-13(22-15-6-4-3-5-7-15)18(21)19-12-17(20)14-8-10-16(23-2)11-9-14/h3-11,13,17,20H,12H2,1-2H3,(H,19,21). The van der Waals surface area contributed by atoms with Crippen LogP contribution in [0.1, 0.15) is 18.6 Å². The van der Waals surface area contributed by atoms with Gasteiger partial charge in [0.15, 0.2) is 6.10 Å². The second kappa shape index (κ2) is 8.60. The van der Waals surface area contributed by atoms with E-state index in [1.807, 2.05) is 48.7 Å². The molecular formula is C18H21NO3S. The van der Waals surface area contributed by atoms with Crippen molar-refractivity contribution in [1.82, 2.24) is 5.32 Å². The van der Waals surface area contributed by atoms with Gasteiger partial charge in [-0.3, -0.25) is 4.79 Å². The van der Waals surface area contributed by atoms with Crippen LogP contribution in [0.3, 0.4) is 0 Å². The molecular weight excluding hydrogens is 310 g/mol. The number of hydrogen-bond donors (Lipinski definition) is 2. The zero-order valence-corrected chi connectivity index (χ0v) is 14.0. The van der Waals surface area contributed by atoms with E-state index in [4.69, 9.17) is 4.74 Å². The number of benzene rings is 2. The first-order valence-electron chi connectivity index (χ1n) is 7.41. The Kier molecular flexibility index (Phi) is 6.50. The second-order valence-electron chi connectivity index (χ2n) is 5.11. The predicted octanol–water partition coefficient (Wildman–Crippen LogP) is 3.03. The Bertz CT molecular complexity index is 616. The molecule has 23 heavy (non-hydrogen) atoms. The molecule has 0 fully saturated rings. The maximum absolute atomic E-state index is 12.0. The molecule has 4 nitrogen and oxygen atoms in total. The fraction of sp³-hybridized carbons (Fsp3) is 0.278. The summed E-state index contributed by atoms with van der Waals surface area (Å²) in [5, 5.41) is 12.9. The van der Waals surface area contributed by atoms with Crippen LogP contribution in [0.5, 0.6) is 5.75 Å². The Balaban J connectivity index is 1.82. The lowest BCUT2D eigenvalue weighted by Crippen LogP contribution is -2.38. The van der Waals surface area contributed by atoms with E-state index in [9.17, 15) is 9.90 Å². The van der Waals surface area contributed by atoms with Crippen LogP contribution >= 0.6 is 11.8 Å². The van der Waals surface area contributed by atoms with Gasteiger partial charge < -0.3 is 15.2 Å². The number of amides is 1. The number of rotatable bonds is 7. The zero-order valence-electron chi connectivity index (χ0n) is 13.2. The summed E-state index contributed by atoms with van der Waals surface area (Å²) < 4.78 is 5.55. The summed E-state index contributed by atoms with van der Waals surface area (Å²) in [6, 6.07) is 16.8. The van der Waals surface area contributed by atoms with Gasteiger partial charge in [-0.25, -0.2) is 0 Å². The molecule has 0 aliphatic rings. The van der Waals surface area contributed by atoms with Crippen molar-refractivity contribution in [3.8, 4) is 5.75 Å². The molecule has 0 heterocycles. The third kappa shape index (κ3) is 5.30. The third-order valence-electron chi connectivity index (χ3n) is 3.40. The fourth-order valence-electron chi connectivity index (χ4n) is 2.04. The minimum Gasteiger partial charge on any atom is -0.481 e. The zero-order chi connectivity index (χ0) is 16.7. The molecule has 122 valence electrons. The Hall–Kier alpha value is -1.98. The fourth-order valence-corrected chi connectivity index (χ4v) is 2.45. The highest BCUT2D eigenvalue weighted by molar-refractivity contribution is 7.98. The van der Waals surface area contributed by atoms with Gasteiger partial charge in [0.05, 0.1) is 6.10 Å². The molecule has 0 aliphatic carbocycles. The first kappa shape index (κ1) is 17.4. The number of thioether (sulfide) groups is 1. The first-order valence-corrected chi connectivity index (χ1v) is 8.64. The van der Waals surface area contributed by atoms with Crippen LogP contribution in [0.4, 0.5) is 0 Å². The Morgan fingerprint density at radius 3 is 2.43 bits per heavy atom. The largest absolute Gasteiger partial charge is 0.481 e. The van der Waals surface area contributed by atoms with Crippen LogP contribution in [0, 0.1) is 0 Å². The quantitative estimate of drug-likeness (QED) is 0.766. The van der Waals surface area contributed by atoms with Crippen LogP contribution in [-0.4, -0.2) is 29.9 Å². The highest BCUT2D eigenvalue weighted by atomic mass is 32.2. The Morgan fingerprint density at radius 1 is 1.17 bits per heavy atom. The topological polar surface area (TPSA) is 58.6 Å². The molecule has 0 bridgehead atoms. The van der Waals surface area contributed by atoms with E-state index in [1.165, 1.54) is 0 Å². The van der Waals surface area contributed by atoms with Gasteiger partial charge in [-0.2, -0.15) is 0 Å². The molecule has 2 aromatic carbocycles. The van der Waals surface area contributed by atoms with E-state index in [0.717, 1.165) is 10.5 Å². The second-order valence-corrected chi connectivity index (χ2v) is 5.99. The smallest absolute Gasteiger partial charge is 0.260 e. The Morgan fingerprint density at radius 2 is 1.83 bits per heavy atom. The first-order chi connectivity index (χ1) is 11.1. The minimum absolute atomic E-state index is 0.153. The molecule has 5 heteroatoms. The Labute approximate surface area is 140 Å². The summed E-state index contributed by atoms with van der Waals surface area (Å²) in [5.41, 5.74) is 0.778. The van der Waals surface area contributed by atoms with Crippen LogP contribution in [0.25, 0.3) is 0 Å². The van der Waals surface area contributed by atoms with Gasteiger partial charge in [0, 0.05) is 11.4 Å². The number of aliphatic hydroxyl groups excluding tert-OH is 1. The van der Waals surface area contributed by atoms with Crippen LogP contribution in [0.15, 0.2) is 59.5 Å². The van der Waals surface area contributed by atoms with Crippen molar-refractivity contribution >= 4 is 17.7 Å². The van der Waals surface area contributed by atoms with Gasteiger partial charge in [0.2, 0.25) is 0 Å². The van der Waals surface area contributed by atoms with Gasteiger partial charge in [-0.1, -0.05) is 30.3 Å². The van der Waals surface area contributed by atoms with Crippen molar-refractivity contribution in [2.24, 2.45) is 0 Å². The summed E-state index contributed by atoms with van der Waals surface area (Å²) in [7, 11) is 0. The number of para-hydroxylation sites is 1. The van der Waals surface area contributed by atoms with Gasteiger partial charge in [0.1, 0.15) is 5.75 Å². The highest BCUT2D eigenvalue weighted by Crippen LogP contribution is 2.18. The van der Waals surface area contributed by atoms with Crippen molar-refractivity contribution in [2.45, 2.75) is 24.0 Å². The normalized spacial score (nSPS) is 13.2. The third-order valence-corrected chi connectivity index (χ3v) is 4.14. The van der Waals surface area contributed by atoms with Crippen LogP contribution in [-0.2, 0) is 4.79 Å². The molecule has 0 radical (unpaired) electrons. The average Bonchev–Trinajstić information content (AvgIpc) is 2.60. The number of aliphatic hydroxyl groups is 1. The molecule has 0 aliphatic heterocycles. The molecule has 0 spiro atoms. The summed E-state index contributed by atoms with van der Waals surface area (Å²) in [6.45, 7) is 1.84. The number of carbonyl (C=O) groups excluding carboxylic acids is 1. The highest BCUT2D eigenvalue weighted by Gasteiger charge is 2.16. The monoisotopic (exact) mass is 331 g/mol. The van der Waals surface area contributed by atoms with Crippen LogP contribution < -0.4 is 10.1 Å². The van der Waals surface area contributed by atoms with E-state index in [-0.39, 0.29) is 12.5 Å². The lowest BCUT2D eigenvalue weighted by molar-refractivity contribution is -0.127. The van der Waals surface area contributed by atoms with E-state index < -0.39 is 12.2 Å². The van der Waals surface area contributed by atoms with E-state index in [0.29, 0.717) is 5.75 Å². The molecule has 1 amide bonds. The minimum atomic E-state index is -0.737. The van der Waals surface area contributed by atoms with Crippen molar-refractivity contribution in [2.75, 3.05) is 12.8 Å². The lowest BCUT2D eigenvalue weighted by atomic mass is 10.1. The molecule has 2 rings (SSSR count). The molecule has 0 saturated carbocycles. The summed E-state index contributed by atoms with van der Waals surface area (Å²) in [5.74, 6) is 0.386. The maximum Gasteiger partial charge on any atom is 0.260 e. The van der Waals surface area contributed by atoms with E-state index in [2.05, 4.69) is 5.32 Å². The lowest BCUT2D eigenvalue weighted by Gasteiger charge is -2.17. The summed E-state index contributed by atoms with van der Waals surface area (Å²) in [6.07, 6.45) is 0.641. The van der Waals surface area contributed by atoms with Crippen LogP contribution in [0.2, 0.25) is 0 Å². The van der Waals surface area contributed by atoms with Gasteiger partial charge in [-0.05, 0) is 43.0 Å². The van der Waals surface area contributed by atoms with Crippen molar-refractivity contribution in [3.63, 3.8) is 0 Å². The number of carbonyl (C=O) groups is 1. The number of nitrogens with one attached hydrogen (secondary N) is 1. The van der Waals surface area contributed by atoms with Crippen molar-refractivity contribution < 1.29 is 14.6 Å². The SMILES string of the molecule is CSc1ccc(C(O)CNC(=O)C(C)Oc2ccccc2)cc1. The molecule has 2 unspecified atom stereocenters. The van der Waals surface area contributed by atoms with E-state index >= 15 is 0 Å². The van der Waals surface area contributed by atoms with Gasteiger partial charge in [0.25, 0.3) is 5.91 Å². The maximum atomic E-state index is 12.0.